The minimum atomic E-state index is 0. The van der Waals surface area contributed by atoms with Crippen LogP contribution in [0.25, 0.3) is 0 Å². The minimum Gasteiger partial charge on any atom is -0.379 e. The quantitative estimate of drug-likeness (QED) is 0.554. The van der Waals surface area contributed by atoms with Crippen LogP contribution < -0.4 is 6.15 Å². The van der Waals surface area contributed by atoms with Gasteiger partial charge in [0.1, 0.15) is 0 Å². The maximum atomic E-state index is 5.10. The molecule has 1 aliphatic rings. The lowest BCUT2D eigenvalue weighted by Gasteiger charge is -2.21. The maximum absolute atomic E-state index is 5.10. The van der Waals surface area contributed by atoms with Crippen molar-refractivity contribution in [2.75, 3.05) is 33.4 Å². The number of rotatable bonds is 0. The van der Waals surface area contributed by atoms with Crippen molar-refractivity contribution in [3.63, 3.8) is 0 Å². The molecule has 0 aliphatic carbocycles. The van der Waals surface area contributed by atoms with Gasteiger partial charge in [-0.25, -0.2) is 0 Å². The van der Waals surface area contributed by atoms with Gasteiger partial charge in [0.05, 0.1) is 13.2 Å². The Kier molecular flexibility index (Phi) is 8.32. The molecule has 1 saturated heterocycles. The first-order valence-electron chi connectivity index (χ1n) is 2.66. The molecule has 0 amide bonds. The van der Waals surface area contributed by atoms with E-state index >= 15 is 0 Å². The van der Waals surface area contributed by atoms with Crippen molar-refractivity contribution in [1.82, 2.24) is 11.1 Å². The third-order valence-corrected chi connectivity index (χ3v) is 1.23. The summed E-state index contributed by atoms with van der Waals surface area (Å²) in [5.41, 5.74) is 0. The van der Waals surface area contributed by atoms with Crippen LogP contribution in [-0.2, 0) is 4.74 Å². The zero-order valence-corrected chi connectivity index (χ0v) is 6.62. The van der Waals surface area contributed by atoms with Crippen molar-refractivity contribution in [2.45, 2.75) is 0 Å². The molecule has 0 bridgehead atoms. The Balaban J connectivity index is 0. The fraction of sp³-hybridized carbons (Fsp3) is 1.00. The van der Waals surface area contributed by atoms with E-state index in [2.05, 4.69) is 11.9 Å². The highest BCUT2D eigenvalue weighted by molar-refractivity contribution is 5.85. The minimum absolute atomic E-state index is 0. The van der Waals surface area contributed by atoms with Crippen molar-refractivity contribution in [2.24, 2.45) is 0 Å². The summed E-state index contributed by atoms with van der Waals surface area (Å²) >= 11 is 0. The van der Waals surface area contributed by atoms with Crippen LogP contribution in [-0.4, -0.2) is 38.3 Å². The molecule has 0 saturated carbocycles. The van der Waals surface area contributed by atoms with E-state index in [1.54, 1.807) is 0 Å². The number of ether oxygens (including phenoxy) is 1. The summed E-state index contributed by atoms with van der Waals surface area (Å²) in [5, 5.41) is 0. The lowest BCUT2D eigenvalue weighted by molar-refractivity contribution is 0.0503. The van der Waals surface area contributed by atoms with Gasteiger partial charge in [0.2, 0.25) is 0 Å². The predicted molar refractivity (Wildman–Crippen MR) is 40.6 cm³/mol. The van der Waals surface area contributed by atoms with Gasteiger partial charge in [0, 0.05) is 13.1 Å². The fourth-order valence-electron chi connectivity index (χ4n) is 0.655. The van der Waals surface area contributed by atoms with E-state index in [9.17, 15) is 0 Å². The van der Waals surface area contributed by atoms with E-state index in [0.29, 0.717) is 0 Å². The third kappa shape index (κ3) is 4.66. The van der Waals surface area contributed by atoms with Crippen LogP contribution in [0.4, 0.5) is 0 Å². The van der Waals surface area contributed by atoms with Gasteiger partial charge in [-0.15, -0.1) is 12.4 Å². The Labute approximate surface area is 62.4 Å². The highest BCUT2D eigenvalue weighted by atomic mass is 35.5. The molecular formula is C5H15ClN2O. The van der Waals surface area contributed by atoms with Crippen molar-refractivity contribution in [3.8, 4) is 0 Å². The largest absolute Gasteiger partial charge is 0.379 e. The van der Waals surface area contributed by atoms with Gasteiger partial charge in [-0.05, 0) is 7.05 Å². The Morgan fingerprint density at radius 3 is 1.89 bits per heavy atom. The Morgan fingerprint density at radius 1 is 1.22 bits per heavy atom. The van der Waals surface area contributed by atoms with E-state index in [-0.39, 0.29) is 18.6 Å². The number of hydrogen-bond donors (Lipinski definition) is 1. The zero-order valence-electron chi connectivity index (χ0n) is 5.80. The Hall–Kier alpha value is 0.170. The number of morpholine rings is 1. The molecule has 3 N–H and O–H groups in total. The van der Waals surface area contributed by atoms with Gasteiger partial charge in [-0.1, -0.05) is 0 Å². The van der Waals surface area contributed by atoms with Crippen molar-refractivity contribution in [3.05, 3.63) is 0 Å². The fourth-order valence-corrected chi connectivity index (χ4v) is 0.655. The number of halogens is 1. The Bertz CT molecular complexity index is 56.9. The van der Waals surface area contributed by atoms with E-state index < -0.39 is 0 Å². The van der Waals surface area contributed by atoms with Crippen LogP contribution in [0.2, 0.25) is 0 Å². The van der Waals surface area contributed by atoms with Gasteiger partial charge in [0.15, 0.2) is 0 Å². The average molecular weight is 155 g/mol. The van der Waals surface area contributed by atoms with Crippen LogP contribution in [0.1, 0.15) is 0 Å². The molecule has 1 heterocycles. The number of likely N-dealkylation sites (N-methyl/N-ethyl adjacent to an activating group) is 1. The second-order valence-electron chi connectivity index (χ2n) is 1.92. The molecule has 0 aromatic rings. The first-order valence-corrected chi connectivity index (χ1v) is 2.66. The molecule has 58 valence electrons. The first kappa shape index (κ1) is 11.9. The highest BCUT2D eigenvalue weighted by Gasteiger charge is 2.02. The molecule has 1 fully saturated rings. The van der Waals surface area contributed by atoms with Gasteiger partial charge >= 0.3 is 0 Å². The standard InChI is InChI=1S/C5H11NO.ClH.H3N/c1-6-2-4-7-5-3-6;;/h2-5H2,1H3;1H;1H3. The molecule has 3 nitrogen and oxygen atoms in total. The summed E-state index contributed by atoms with van der Waals surface area (Å²) in [6.07, 6.45) is 0. The lowest BCUT2D eigenvalue weighted by Crippen LogP contribution is -2.32. The summed E-state index contributed by atoms with van der Waals surface area (Å²) in [5.74, 6) is 0. The van der Waals surface area contributed by atoms with E-state index in [0.717, 1.165) is 26.3 Å². The second kappa shape index (κ2) is 6.29. The normalized spacial score (nSPS) is 19.7. The maximum Gasteiger partial charge on any atom is 0.0594 e. The molecule has 0 atom stereocenters. The lowest BCUT2D eigenvalue weighted by atomic mass is 10.5. The highest BCUT2D eigenvalue weighted by Crippen LogP contribution is 1.89. The van der Waals surface area contributed by atoms with Crippen LogP contribution >= 0.6 is 12.4 Å². The number of nitrogens with zero attached hydrogens (tertiary/aromatic N) is 1. The van der Waals surface area contributed by atoms with E-state index in [1.165, 1.54) is 0 Å². The van der Waals surface area contributed by atoms with Gasteiger partial charge in [-0.3, -0.25) is 0 Å². The van der Waals surface area contributed by atoms with E-state index in [1.807, 2.05) is 0 Å². The summed E-state index contributed by atoms with van der Waals surface area (Å²) in [6.45, 7) is 4.02. The van der Waals surface area contributed by atoms with Crippen molar-refractivity contribution >= 4 is 12.4 Å². The molecule has 0 aromatic carbocycles. The summed E-state index contributed by atoms with van der Waals surface area (Å²) in [4.78, 5) is 2.27. The summed E-state index contributed by atoms with van der Waals surface area (Å²) in [6, 6.07) is 0. The molecule has 0 unspecified atom stereocenters. The topological polar surface area (TPSA) is 47.5 Å². The summed E-state index contributed by atoms with van der Waals surface area (Å²) in [7, 11) is 2.11. The monoisotopic (exact) mass is 154 g/mol. The number of hydrogen-bond acceptors (Lipinski definition) is 3. The molecule has 4 heteroatoms. The van der Waals surface area contributed by atoms with Gasteiger partial charge in [0.25, 0.3) is 0 Å². The van der Waals surface area contributed by atoms with Crippen molar-refractivity contribution in [1.29, 1.82) is 0 Å². The summed E-state index contributed by atoms with van der Waals surface area (Å²) < 4.78 is 5.10. The van der Waals surface area contributed by atoms with Crippen molar-refractivity contribution < 1.29 is 4.74 Å². The Morgan fingerprint density at radius 2 is 1.67 bits per heavy atom. The van der Waals surface area contributed by atoms with Gasteiger partial charge < -0.3 is 15.8 Å². The second-order valence-corrected chi connectivity index (χ2v) is 1.92. The predicted octanol–water partition coefficient (Wildman–Crippen LogP) is 0.532. The molecule has 0 radical (unpaired) electrons. The molecule has 0 aromatic heterocycles. The van der Waals surface area contributed by atoms with Crippen LogP contribution in [0.5, 0.6) is 0 Å². The average Bonchev–Trinajstić information content (AvgIpc) is 1.69. The van der Waals surface area contributed by atoms with Gasteiger partial charge in [-0.2, -0.15) is 0 Å². The molecule has 1 aliphatic heterocycles. The third-order valence-electron chi connectivity index (χ3n) is 1.23. The molecule has 9 heavy (non-hydrogen) atoms. The molecule has 0 spiro atoms. The van der Waals surface area contributed by atoms with Crippen LogP contribution in [0, 0.1) is 0 Å². The van der Waals surface area contributed by atoms with E-state index in [4.69, 9.17) is 4.74 Å². The smallest absolute Gasteiger partial charge is 0.0594 e. The SMILES string of the molecule is CN1CCOCC1.Cl.N. The van der Waals surface area contributed by atoms with Crippen LogP contribution in [0.15, 0.2) is 0 Å². The zero-order chi connectivity index (χ0) is 5.11. The first-order chi connectivity index (χ1) is 3.39. The molecular weight excluding hydrogens is 140 g/mol. The van der Waals surface area contributed by atoms with Crippen LogP contribution in [0.3, 0.4) is 0 Å². The molecule has 1 rings (SSSR count).